The molecule has 1 aliphatic heterocycles. The molecule has 2 atom stereocenters. The summed E-state index contributed by atoms with van der Waals surface area (Å²) in [6.07, 6.45) is 24.1. The van der Waals surface area contributed by atoms with Crippen LogP contribution in [0.4, 0.5) is 0 Å². The average Bonchev–Trinajstić information content (AvgIpc) is 2.68. The zero-order valence-corrected chi connectivity index (χ0v) is 16.9. The minimum Gasteiger partial charge on any atom is -0.378 e. The van der Waals surface area contributed by atoms with Crippen molar-refractivity contribution in [3.63, 3.8) is 0 Å². The Morgan fingerprint density at radius 2 is 1.32 bits per heavy atom. The zero-order chi connectivity index (χ0) is 17.5. The Morgan fingerprint density at radius 1 is 0.720 bits per heavy atom. The predicted octanol–water partition coefficient (Wildman–Crippen LogP) is 7.16. The van der Waals surface area contributed by atoms with Gasteiger partial charge in [0.1, 0.15) is 0 Å². The van der Waals surface area contributed by atoms with Gasteiger partial charge in [0.2, 0.25) is 0 Å². The Balaban J connectivity index is 1.34. The van der Waals surface area contributed by atoms with Gasteiger partial charge in [-0.05, 0) is 93.8 Å². The Kier molecular flexibility index (Phi) is 7.90. The number of hydrogen-bond donors (Lipinski definition) is 0. The number of ether oxygens (including phenoxy) is 1. The lowest BCUT2D eigenvalue weighted by atomic mass is 9.76. The van der Waals surface area contributed by atoms with E-state index in [-0.39, 0.29) is 0 Å². The maximum Gasteiger partial charge on any atom is 0.0603 e. The first-order valence-electron chi connectivity index (χ1n) is 11.6. The Labute approximate surface area is 157 Å². The summed E-state index contributed by atoms with van der Waals surface area (Å²) in [5.41, 5.74) is 0. The molecule has 0 bridgehead atoms. The molecule has 0 amide bonds. The van der Waals surface area contributed by atoms with Gasteiger partial charge >= 0.3 is 0 Å². The normalized spacial score (nSPS) is 40.4. The topological polar surface area (TPSA) is 9.23 Å². The fourth-order valence-electron chi connectivity index (χ4n) is 5.62. The van der Waals surface area contributed by atoms with Crippen LogP contribution in [0.15, 0.2) is 12.2 Å². The highest BCUT2D eigenvalue weighted by molar-refractivity contribution is 4.97. The maximum atomic E-state index is 6.22. The van der Waals surface area contributed by atoms with Gasteiger partial charge in [0.15, 0.2) is 0 Å². The summed E-state index contributed by atoms with van der Waals surface area (Å²) in [4.78, 5) is 0. The first-order chi connectivity index (χ1) is 12.3. The summed E-state index contributed by atoms with van der Waals surface area (Å²) >= 11 is 0. The molecule has 25 heavy (non-hydrogen) atoms. The Morgan fingerprint density at radius 3 is 1.84 bits per heavy atom. The van der Waals surface area contributed by atoms with Gasteiger partial charge in [-0.15, -0.1) is 0 Å². The Bertz CT molecular complexity index is 377. The number of allylic oxidation sites excluding steroid dienone is 2. The molecule has 1 heteroatoms. The van der Waals surface area contributed by atoms with Crippen molar-refractivity contribution in [1.29, 1.82) is 0 Å². The van der Waals surface area contributed by atoms with E-state index in [0.717, 1.165) is 36.2 Å². The third-order valence-corrected chi connectivity index (χ3v) is 7.57. The fraction of sp³-hybridized carbons (Fsp3) is 0.917. The molecule has 1 saturated heterocycles. The molecule has 0 aromatic carbocycles. The van der Waals surface area contributed by atoms with E-state index in [1.807, 2.05) is 0 Å². The van der Waals surface area contributed by atoms with Crippen molar-refractivity contribution >= 4 is 0 Å². The highest BCUT2D eigenvalue weighted by Gasteiger charge is 2.30. The van der Waals surface area contributed by atoms with E-state index in [4.69, 9.17) is 4.74 Å². The van der Waals surface area contributed by atoms with Gasteiger partial charge in [0, 0.05) is 6.61 Å². The summed E-state index contributed by atoms with van der Waals surface area (Å²) < 4.78 is 6.22. The van der Waals surface area contributed by atoms with Crippen LogP contribution in [-0.4, -0.2) is 12.7 Å². The molecule has 1 nitrogen and oxygen atoms in total. The van der Waals surface area contributed by atoms with E-state index in [2.05, 4.69) is 26.0 Å². The lowest BCUT2D eigenvalue weighted by Crippen LogP contribution is -2.33. The van der Waals surface area contributed by atoms with Crippen molar-refractivity contribution < 1.29 is 4.74 Å². The molecule has 2 aliphatic carbocycles. The molecule has 0 aromatic rings. The second-order valence-corrected chi connectivity index (χ2v) is 9.35. The third-order valence-electron chi connectivity index (χ3n) is 7.57. The van der Waals surface area contributed by atoms with E-state index in [9.17, 15) is 0 Å². The average molecular weight is 347 g/mol. The molecule has 1 heterocycles. The van der Waals surface area contributed by atoms with Crippen molar-refractivity contribution in [2.45, 2.75) is 103 Å². The van der Waals surface area contributed by atoms with Crippen molar-refractivity contribution in [1.82, 2.24) is 0 Å². The van der Waals surface area contributed by atoms with Gasteiger partial charge in [-0.1, -0.05) is 45.3 Å². The van der Waals surface area contributed by atoms with E-state index in [0.29, 0.717) is 6.10 Å². The molecule has 2 unspecified atom stereocenters. The van der Waals surface area contributed by atoms with Crippen LogP contribution in [-0.2, 0) is 4.74 Å². The second-order valence-electron chi connectivity index (χ2n) is 9.35. The van der Waals surface area contributed by atoms with Crippen molar-refractivity contribution in [2.75, 3.05) is 6.61 Å². The van der Waals surface area contributed by atoms with Crippen molar-refractivity contribution in [2.24, 2.45) is 29.6 Å². The maximum absolute atomic E-state index is 6.22. The lowest BCUT2D eigenvalue weighted by Gasteiger charge is -2.37. The number of hydrogen-bond acceptors (Lipinski definition) is 1. The summed E-state index contributed by atoms with van der Waals surface area (Å²) in [6, 6.07) is 0. The minimum absolute atomic E-state index is 0.585. The summed E-state index contributed by atoms with van der Waals surface area (Å²) in [5, 5.41) is 0. The smallest absolute Gasteiger partial charge is 0.0603 e. The van der Waals surface area contributed by atoms with E-state index < -0.39 is 0 Å². The first kappa shape index (κ1) is 19.5. The zero-order valence-electron chi connectivity index (χ0n) is 16.9. The van der Waals surface area contributed by atoms with Crippen LogP contribution in [0, 0.1) is 29.6 Å². The fourth-order valence-corrected chi connectivity index (χ4v) is 5.62. The van der Waals surface area contributed by atoms with Crippen molar-refractivity contribution in [3.8, 4) is 0 Å². The predicted molar refractivity (Wildman–Crippen MR) is 108 cm³/mol. The summed E-state index contributed by atoms with van der Waals surface area (Å²) in [7, 11) is 0. The largest absolute Gasteiger partial charge is 0.378 e. The van der Waals surface area contributed by atoms with Gasteiger partial charge < -0.3 is 4.74 Å². The highest BCUT2D eigenvalue weighted by atomic mass is 16.5. The van der Waals surface area contributed by atoms with Gasteiger partial charge in [-0.3, -0.25) is 0 Å². The molecule has 0 aromatic heterocycles. The van der Waals surface area contributed by atoms with Gasteiger partial charge in [0.25, 0.3) is 0 Å². The van der Waals surface area contributed by atoms with Crippen LogP contribution in [0.1, 0.15) is 97.3 Å². The van der Waals surface area contributed by atoms with Crippen LogP contribution in [0.2, 0.25) is 0 Å². The summed E-state index contributed by atoms with van der Waals surface area (Å²) in [5.74, 6) is 4.47. The van der Waals surface area contributed by atoms with E-state index in [1.165, 1.54) is 83.5 Å². The van der Waals surface area contributed by atoms with E-state index >= 15 is 0 Å². The Hall–Kier alpha value is -0.300. The second kappa shape index (κ2) is 10.1. The van der Waals surface area contributed by atoms with Gasteiger partial charge in [0.05, 0.1) is 6.10 Å². The minimum atomic E-state index is 0.585. The molecule has 3 rings (SSSR count). The lowest BCUT2D eigenvalue weighted by molar-refractivity contribution is -0.0573. The molecular formula is C24H42O. The molecule has 2 saturated carbocycles. The van der Waals surface area contributed by atoms with Gasteiger partial charge in [-0.25, -0.2) is 0 Å². The molecule has 0 N–H and O–H groups in total. The standard InChI is InChI=1S/C24H42O/c1-3-5-20-6-8-21(9-7-20)10-11-22-12-15-23(16-13-22)24-17-14-19(4-2)18-25-24/h10-11,19-24H,3-9,12-18H2,1-2H3. The molecule has 3 aliphatic rings. The highest BCUT2D eigenvalue weighted by Crippen LogP contribution is 2.38. The van der Waals surface area contributed by atoms with Crippen LogP contribution < -0.4 is 0 Å². The van der Waals surface area contributed by atoms with Gasteiger partial charge in [-0.2, -0.15) is 0 Å². The van der Waals surface area contributed by atoms with Crippen LogP contribution in [0.25, 0.3) is 0 Å². The van der Waals surface area contributed by atoms with Crippen LogP contribution >= 0.6 is 0 Å². The molecule has 3 fully saturated rings. The van der Waals surface area contributed by atoms with Crippen molar-refractivity contribution in [3.05, 3.63) is 12.2 Å². The third kappa shape index (κ3) is 5.84. The monoisotopic (exact) mass is 346 g/mol. The van der Waals surface area contributed by atoms with Crippen LogP contribution in [0.5, 0.6) is 0 Å². The first-order valence-corrected chi connectivity index (χ1v) is 11.6. The molecule has 144 valence electrons. The quantitative estimate of drug-likeness (QED) is 0.463. The number of rotatable bonds is 6. The SMILES string of the molecule is CCCC1CCC(C=CC2CCC(C3CCC(CC)CO3)CC2)CC1. The van der Waals surface area contributed by atoms with Crippen LogP contribution in [0.3, 0.4) is 0 Å². The van der Waals surface area contributed by atoms with E-state index in [1.54, 1.807) is 0 Å². The molecule has 0 spiro atoms. The molecule has 0 radical (unpaired) electrons. The molecular weight excluding hydrogens is 304 g/mol. The summed E-state index contributed by atoms with van der Waals surface area (Å²) in [6.45, 7) is 5.67.